The van der Waals surface area contributed by atoms with Crippen molar-refractivity contribution in [3.8, 4) is 0 Å². The Labute approximate surface area is 331 Å². The van der Waals surface area contributed by atoms with E-state index < -0.39 is 75.2 Å². The van der Waals surface area contributed by atoms with Crippen LogP contribution >= 0.6 is 7.82 Å². The predicted octanol–water partition coefficient (Wildman–Crippen LogP) is 6.25. The maximum atomic E-state index is 13.0. The van der Waals surface area contributed by atoms with Gasteiger partial charge in [0, 0.05) is 0 Å². The van der Waals surface area contributed by atoms with Gasteiger partial charge in [-0.05, 0) is 38.5 Å². The highest BCUT2D eigenvalue weighted by molar-refractivity contribution is 7.47. The van der Waals surface area contributed by atoms with Crippen LogP contribution in [0, 0.1) is 0 Å². The number of hydrogen-bond acceptors (Lipinski definition) is 11. The van der Waals surface area contributed by atoms with E-state index in [0.717, 1.165) is 57.8 Å². The van der Waals surface area contributed by atoms with Crippen LogP contribution in [0.3, 0.4) is 0 Å². The van der Waals surface area contributed by atoms with E-state index in [1.165, 1.54) is 83.5 Å². The van der Waals surface area contributed by atoms with Crippen LogP contribution < -0.4 is 5.32 Å². The molecule has 8 unspecified atom stereocenters. The molecule has 1 amide bonds. The van der Waals surface area contributed by atoms with Gasteiger partial charge in [-0.25, -0.2) is 4.57 Å². The van der Waals surface area contributed by atoms with Gasteiger partial charge in [0.15, 0.2) is 0 Å². The molecule has 1 rings (SSSR count). The molecule has 14 heteroatoms. The smallest absolute Gasteiger partial charge is 0.393 e. The second kappa shape index (κ2) is 32.0. The van der Waals surface area contributed by atoms with Crippen LogP contribution in [-0.4, -0.2) is 108 Å². The van der Waals surface area contributed by atoms with Gasteiger partial charge in [-0.3, -0.25) is 13.8 Å². The second-order valence-corrected chi connectivity index (χ2v) is 17.1. The summed E-state index contributed by atoms with van der Waals surface area (Å²) < 4.78 is 22.8. The Kier molecular flexibility index (Phi) is 30.3. The Morgan fingerprint density at radius 2 is 1.02 bits per heavy atom. The molecule has 0 aromatic carbocycles. The lowest BCUT2D eigenvalue weighted by molar-refractivity contribution is -0.220. The highest BCUT2D eigenvalue weighted by atomic mass is 31.2. The summed E-state index contributed by atoms with van der Waals surface area (Å²) in [6.45, 7) is 3.75. The lowest BCUT2D eigenvalue weighted by Crippen LogP contribution is -2.64. The average Bonchev–Trinajstić information content (AvgIpc) is 3.15. The first-order chi connectivity index (χ1) is 26.3. The summed E-state index contributed by atoms with van der Waals surface area (Å²) in [7, 11) is -5.11. The minimum absolute atomic E-state index is 0.230. The van der Waals surface area contributed by atoms with Crippen LogP contribution in [0.15, 0.2) is 12.2 Å². The maximum Gasteiger partial charge on any atom is 0.472 e. The van der Waals surface area contributed by atoms with Crippen molar-refractivity contribution < 1.29 is 59.0 Å². The zero-order chi connectivity index (χ0) is 40.9. The second-order valence-electron chi connectivity index (χ2n) is 15.7. The number of aliphatic hydroxyl groups excluding tert-OH is 7. The molecular weight excluding hydrogens is 729 g/mol. The van der Waals surface area contributed by atoms with E-state index in [2.05, 4.69) is 31.3 Å². The van der Waals surface area contributed by atoms with Gasteiger partial charge in [-0.15, -0.1) is 0 Å². The molecule has 1 fully saturated rings. The highest BCUT2D eigenvalue weighted by Crippen LogP contribution is 2.47. The van der Waals surface area contributed by atoms with Crippen LogP contribution in [0.25, 0.3) is 0 Å². The molecule has 0 aromatic heterocycles. The minimum atomic E-state index is -5.11. The average molecular weight is 810 g/mol. The molecule has 0 spiro atoms. The lowest BCUT2D eigenvalue weighted by atomic mass is 9.85. The van der Waals surface area contributed by atoms with Gasteiger partial charge in [0.1, 0.15) is 36.6 Å². The third-order valence-corrected chi connectivity index (χ3v) is 11.6. The molecule has 326 valence electrons. The molecule has 1 aliphatic rings. The molecule has 0 bridgehead atoms. The van der Waals surface area contributed by atoms with E-state index in [1.807, 2.05) is 0 Å². The van der Waals surface area contributed by atoms with Gasteiger partial charge in [0.2, 0.25) is 5.91 Å². The summed E-state index contributed by atoms with van der Waals surface area (Å²) in [4.78, 5) is 23.4. The van der Waals surface area contributed by atoms with Gasteiger partial charge < -0.3 is 46.0 Å². The van der Waals surface area contributed by atoms with Gasteiger partial charge >= 0.3 is 7.82 Å². The number of nitrogens with one attached hydrogen (secondary N) is 1. The van der Waals surface area contributed by atoms with Crippen molar-refractivity contribution in [1.82, 2.24) is 5.32 Å². The van der Waals surface area contributed by atoms with Crippen LogP contribution in [0.4, 0.5) is 0 Å². The molecule has 0 aliphatic heterocycles. The Bertz CT molecular complexity index is 1010. The van der Waals surface area contributed by atoms with E-state index in [4.69, 9.17) is 9.05 Å². The number of allylic oxidation sites excluding steroid dienone is 2. The van der Waals surface area contributed by atoms with E-state index in [0.29, 0.717) is 12.8 Å². The topological polar surface area (TPSA) is 226 Å². The van der Waals surface area contributed by atoms with Gasteiger partial charge in [0.25, 0.3) is 0 Å². The molecule has 8 atom stereocenters. The summed E-state index contributed by atoms with van der Waals surface area (Å²) in [6.07, 6.45) is 17.0. The van der Waals surface area contributed by atoms with Crippen molar-refractivity contribution in [2.45, 2.75) is 236 Å². The number of phosphoric acid groups is 1. The van der Waals surface area contributed by atoms with Crippen molar-refractivity contribution in [1.29, 1.82) is 0 Å². The molecule has 1 saturated carbocycles. The number of rotatable bonds is 35. The summed E-state index contributed by atoms with van der Waals surface area (Å²) in [6, 6.07) is -1.15. The maximum absolute atomic E-state index is 13.0. The number of carbonyl (C=O) groups is 1. The SMILES string of the molecule is CCCCCCCCC/C=C\CCCCCC(O)CC(=O)NC(COP(=O)(O)OC1C(O)C(O)C(O)C(O)C1O)C(O)CCCCCCCCCCCCC. The van der Waals surface area contributed by atoms with Crippen LogP contribution in [-0.2, 0) is 18.4 Å². The standard InChI is InChI=1S/C41H80NO12P/c1-3-5-7-9-11-13-15-16-17-19-20-22-24-26-28-32(43)30-35(45)42-33(34(44)29-27-25-23-21-18-14-12-10-8-6-4-2)31-53-55(51,52)54-41-39(49)37(47)36(46)38(48)40(41)50/h17,19,32-34,36-41,43-44,46-50H,3-16,18,20-31H2,1-2H3,(H,42,45)(H,51,52)/b19-17-. The summed E-state index contributed by atoms with van der Waals surface area (Å²) in [5.74, 6) is -0.570. The zero-order valence-corrected chi connectivity index (χ0v) is 35.0. The third kappa shape index (κ3) is 24.5. The number of amides is 1. The Morgan fingerprint density at radius 3 is 1.51 bits per heavy atom. The highest BCUT2D eigenvalue weighted by Gasteiger charge is 2.51. The van der Waals surface area contributed by atoms with Gasteiger partial charge in [0.05, 0.1) is 31.3 Å². The fourth-order valence-corrected chi connectivity index (χ4v) is 7.97. The van der Waals surface area contributed by atoms with Crippen molar-refractivity contribution in [2.24, 2.45) is 0 Å². The van der Waals surface area contributed by atoms with Crippen LogP contribution in [0.5, 0.6) is 0 Å². The van der Waals surface area contributed by atoms with Gasteiger partial charge in [-0.2, -0.15) is 0 Å². The monoisotopic (exact) mass is 810 g/mol. The summed E-state index contributed by atoms with van der Waals surface area (Å²) >= 11 is 0. The minimum Gasteiger partial charge on any atom is -0.393 e. The Hall–Kier alpha value is -0.960. The Morgan fingerprint density at radius 1 is 0.618 bits per heavy atom. The number of hydrogen-bond donors (Lipinski definition) is 9. The lowest BCUT2D eigenvalue weighted by Gasteiger charge is -2.41. The molecule has 9 N–H and O–H groups in total. The molecule has 13 nitrogen and oxygen atoms in total. The quantitative estimate of drug-likeness (QED) is 0.0197. The number of unbranched alkanes of at least 4 members (excludes halogenated alkanes) is 20. The van der Waals surface area contributed by atoms with Crippen molar-refractivity contribution >= 4 is 13.7 Å². The van der Waals surface area contributed by atoms with E-state index in [-0.39, 0.29) is 12.8 Å². The van der Waals surface area contributed by atoms with E-state index in [9.17, 15) is 50.0 Å². The third-order valence-electron chi connectivity index (χ3n) is 10.6. The molecule has 0 aromatic rings. The molecule has 0 heterocycles. The number of phosphoric ester groups is 1. The van der Waals surface area contributed by atoms with Crippen molar-refractivity contribution in [2.75, 3.05) is 6.61 Å². The van der Waals surface area contributed by atoms with E-state index >= 15 is 0 Å². The van der Waals surface area contributed by atoms with E-state index in [1.54, 1.807) is 0 Å². The molecule has 1 aliphatic carbocycles. The summed E-state index contributed by atoms with van der Waals surface area (Å²) in [5, 5.41) is 74.3. The first-order valence-corrected chi connectivity index (χ1v) is 23.2. The number of aliphatic hydroxyl groups is 7. The molecule has 0 saturated heterocycles. The summed E-state index contributed by atoms with van der Waals surface area (Å²) in [5.41, 5.74) is 0. The fraction of sp³-hybridized carbons (Fsp3) is 0.927. The fourth-order valence-electron chi connectivity index (χ4n) is 7.00. The van der Waals surface area contributed by atoms with Crippen LogP contribution in [0.1, 0.15) is 181 Å². The van der Waals surface area contributed by atoms with Gasteiger partial charge in [-0.1, -0.05) is 148 Å². The van der Waals surface area contributed by atoms with Crippen molar-refractivity contribution in [3.63, 3.8) is 0 Å². The normalized spacial score (nSPS) is 24.5. The molecule has 0 radical (unpaired) electrons. The van der Waals surface area contributed by atoms with Crippen molar-refractivity contribution in [3.05, 3.63) is 12.2 Å². The predicted molar refractivity (Wildman–Crippen MR) is 215 cm³/mol. The van der Waals surface area contributed by atoms with Crippen LogP contribution in [0.2, 0.25) is 0 Å². The first kappa shape index (κ1) is 52.1. The zero-order valence-electron chi connectivity index (χ0n) is 34.1. The molecular formula is C41H80NO12P. The number of carbonyl (C=O) groups excluding carboxylic acids is 1. The Balaban J connectivity index is 2.57. The first-order valence-electron chi connectivity index (χ1n) is 21.7. The molecule has 55 heavy (non-hydrogen) atoms. The largest absolute Gasteiger partial charge is 0.472 e.